The highest BCUT2D eigenvalue weighted by atomic mass is 16.7. The Morgan fingerprint density at radius 3 is 2.26 bits per heavy atom. The van der Waals surface area contributed by atoms with Crippen LogP contribution in [0, 0.1) is 50.2 Å². The summed E-state index contributed by atoms with van der Waals surface area (Å²) < 4.78 is 19.2. The second-order valence-electron chi connectivity index (χ2n) is 19.1. The molecule has 1 aliphatic heterocycles. The van der Waals surface area contributed by atoms with Gasteiger partial charge < -0.3 is 50.0 Å². The summed E-state index contributed by atoms with van der Waals surface area (Å²) in [6, 6.07) is 9.86. The van der Waals surface area contributed by atoms with Gasteiger partial charge in [0.15, 0.2) is 6.29 Å². The largest absolute Gasteiger partial charge is 0.481 e. The van der Waals surface area contributed by atoms with Gasteiger partial charge in [-0.05, 0) is 96.3 Å². The molecule has 0 unspecified atom stereocenters. The first-order valence-corrected chi connectivity index (χ1v) is 19.7. The van der Waals surface area contributed by atoms with E-state index >= 15 is 0 Å². The van der Waals surface area contributed by atoms with E-state index in [2.05, 4.69) is 26.8 Å². The maximum absolute atomic E-state index is 13.2. The molecule has 53 heavy (non-hydrogen) atoms. The molecule has 0 spiro atoms. The van der Waals surface area contributed by atoms with Crippen LogP contribution in [0.25, 0.3) is 0 Å². The van der Waals surface area contributed by atoms with Crippen molar-refractivity contribution in [1.82, 2.24) is 0 Å². The summed E-state index contributed by atoms with van der Waals surface area (Å²) in [7, 11) is 0. The Balaban J connectivity index is 1.28. The Hall–Kier alpha value is -1.93. The first-order chi connectivity index (χ1) is 24.9. The van der Waals surface area contributed by atoms with Crippen molar-refractivity contribution in [3.05, 3.63) is 47.5 Å². The van der Waals surface area contributed by atoms with E-state index in [9.17, 15) is 40.5 Å². The van der Waals surface area contributed by atoms with Crippen LogP contribution >= 0.6 is 0 Å². The van der Waals surface area contributed by atoms with Crippen LogP contribution in [0.15, 0.2) is 42.0 Å². The zero-order chi connectivity index (χ0) is 38.4. The van der Waals surface area contributed by atoms with Crippen LogP contribution in [0.5, 0.6) is 0 Å². The van der Waals surface area contributed by atoms with Crippen molar-refractivity contribution >= 4 is 5.97 Å². The standard InChI is InChI=1S/C42H62O11/c1-37(22-43)17-26-25-11-12-30-38(2)18-28(51-20-24-9-7-6-8-10-24)34(53-35-33(48)32(47)27(45)21-52-35)39(3,23-44)29(38)13-14-41(30,5)40(25,4)15-16-42(26,36(49)50)31(46)19-37/h6-11,26-35,43-48H,12-23H2,1-5H3,(H,49,50)/t26-,27+,28+,29+,30+,31-,32-,33+,34+,35+,37+,38-,39-,40+,41+,42+/m0/s1. The SMILES string of the molecule is C[C@]1(CO)C[C@H](O)[C@@]2(C(=O)O)CC[C@]3(C)C(=CC[C@@H]4[C@@]5(C)C[C@@H](OCc6ccccc6)[C@@H](O[C@H]6OC[C@@H](O)[C@H](O)[C@H]6O)[C@@](C)(CO)[C@@H]5CC[C@]43C)[C@@H]2C1. The molecule has 7 N–H and O–H groups in total. The zero-order valence-electron chi connectivity index (χ0n) is 32.0. The van der Waals surface area contributed by atoms with Crippen LogP contribution in [-0.2, 0) is 25.6 Å². The van der Waals surface area contributed by atoms with E-state index in [1.165, 1.54) is 0 Å². The van der Waals surface area contributed by atoms with Crippen molar-refractivity contribution in [3.8, 4) is 0 Å². The van der Waals surface area contributed by atoms with Crippen molar-refractivity contribution in [3.63, 3.8) is 0 Å². The number of benzene rings is 1. The van der Waals surface area contributed by atoms with E-state index in [1.54, 1.807) is 0 Å². The van der Waals surface area contributed by atoms with Crippen molar-refractivity contribution in [2.24, 2.45) is 50.2 Å². The lowest BCUT2D eigenvalue weighted by Crippen LogP contribution is -2.70. The minimum absolute atomic E-state index is 0.0228. The predicted molar refractivity (Wildman–Crippen MR) is 194 cm³/mol. The Kier molecular flexibility index (Phi) is 10.1. The molecule has 0 aromatic heterocycles. The maximum atomic E-state index is 13.2. The molecule has 11 heteroatoms. The van der Waals surface area contributed by atoms with Gasteiger partial charge in [0.1, 0.15) is 23.7 Å². The molecule has 5 aliphatic carbocycles. The number of ether oxygens (including phenoxy) is 3. The van der Waals surface area contributed by atoms with Crippen molar-refractivity contribution in [1.29, 1.82) is 0 Å². The third kappa shape index (κ3) is 5.73. The summed E-state index contributed by atoms with van der Waals surface area (Å²) in [5, 5.41) is 75.9. The molecule has 4 saturated carbocycles. The lowest BCUT2D eigenvalue weighted by molar-refractivity contribution is -0.332. The smallest absolute Gasteiger partial charge is 0.312 e. The van der Waals surface area contributed by atoms with Gasteiger partial charge in [-0.2, -0.15) is 0 Å². The number of aliphatic carboxylic acids is 1. The molecular weight excluding hydrogens is 680 g/mol. The van der Waals surface area contributed by atoms with Gasteiger partial charge in [-0.25, -0.2) is 0 Å². The van der Waals surface area contributed by atoms with Gasteiger partial charge in [-0.3, -0.25) is 4.79 Å². The third-order valence-electron chi connectivity index (χ3n) is 16.4. The second-order valence-corrected chi connectivity index (χ2v) is 19.1. The van der Waals surface area contributed by atoms with Crippen LogP contribution in [0.3, 0.4) is 0 Å². The van der Waals surface area contributed by atoms with E-state index < -0.39 is 71.0 Å². The molecule has 296 valence electrons. The van der Waals surface area contributed by atoms with Crippen LogP contribution in [0.4, 0.5) is 0 Å². The molecule has 1 heterocycles. The number of carboxylic acid groups (broad SMARTS) is 1. The van der Waals surface area contributed by atoms with Crippen LogP contribution in [-0.4, -0.2) is 104 Å². The highest BCUT2D eigenvalue weighted by Crippen LogP contribution is 2.76. The molecule has 6 aliphatic rings. The maximum Gasteiger partial charge on any atom is 0.312 e. The van der Waals surface area contributed by atoms with Crippen LogP contribution < -0.4 is 0 Å². The van der Waals surface area contributed by atoms with Gasteiger partial charge in [-0.1, -0.05) is 76.6 Å². The van der Waals surface area contributed by atoms with E-state index in [-0.39, 0.29) is 54.3 Å². The number of hydrogen-bond donors (Lipinski definition) is 7. The summed E-state index contributed by atoms with van der Waals surface area (Å²) in [6.45, 7) is 10.8. The molecule has 0 amide bonds. The monoisotopic (exact) mass is 742 g/mol. The molecule has 7 rings (SSSR count). The average Bonchev–Trinajstić information content (AvgIpc) is 3.12. The van der Waals surface area contributed by atoms with E-state index in [4.69, 9.17) is 14.2 Å². The number of hydrogen-bond acceptors (Lipinski definition) is 10. The number of carboxylic acids is 1. The van der Waals surface area contributed by atoms with Crippen molar-refractivity contribution < 1.29 is 54.8 Å². The Morgan fingerprint density at radius 2 is 1.60 bits per heavy atom. The number of carbonyl (C=O) groups is 1. The minimum Gasteiger partial charge on any atom is -0.481 e. The molecule has 5 fully saturated rings. The molecule has 1 saturated heterocycles. The topological polar surface area (TPSA) is 186 Å². The molecule has 16 atom stereocenters. The van der Waals surface area contributed by atoms with E-state index in [1.807, 2.05) is 44.2 Å². The highest BCUT2D eigenvalue weighted by Gasteiger charge is 2.72. The van der Waals surface area contributed by atoms with Crippen LogP contribution in [0.2, 0.25) is 0 Å². The average molecular weight is 743 g/mol. The van der Waals surface area contributed by atoms with E-state index in [0.29, 0.717) is 38.7 Å². The molecule has 1 aromatic rings. The molecule has 1 aromatic carbocycles. The molecule has 0 bridgehead atoms. The molecule has 0 radical (unpaired) electrons. The van der Waals surface area contributed by atoms with Crippen molar-refractivity contribution in [2.75, 3.05) is 19.8 Å². The number of fused-ring (bicyclic) bond motifs is 7. The van der Waals surface area contributed by atoms with Crippen molar-refractivity contribution in [2.45, 2.75) is 136 Å². The number of allylic oxidation sites excluding steroid dienone is 2. The predicted octanol–water partition coefficient (Wildman–Crippen LogP) is 3.81. The highest BCUT2D eigenvalue weighted by molar-refractivity contribution is 5.77. The lowest BCUT2D eigenvalue weighted by atomic mass is 9.33. The Morgan fingerprint density at radius 1 is 0.887 bits per heavy atom. The fourth-order valence-electron chi connectivity index (χ4n) is 13.2. The Labute approximate surface area is 313 Å². The molecule has 11 nitrogen and oxygen atoms in total. The summed E-state index contributed by atoms with van der Waals surface area (Å²) in [6.07, 6.45) is -0.739. The van der Waals surface area contributed by atoms with Gasteiger partial charge in [-0.15, -0.1) is 0 Å². The summed E-state index contributed by atoms with van der Waals surface area (Å²) in [5.74, 6) is -1.23. The summed E-state index contributed by atoms with van der Waals surface area (Å²) in [5.41, 5.74) is -1.58. The minimum atomic E-state index is -1.49. The summed E-state index contributed by atoms with van der Waals surface area (Å²) in [4.78, 5) is 13.2. The fraction of sp³-hybridized carbons (Fsp3) is 0.786. The number of rotatable bonds is 8. The lowest BCUT2D eigenvalue weighted by Gasteiger charge is -2.72. The number of aliphatic hydroxyl groups excluding tert-OH is 6. The van der Waals surface area contributed by atoms with E-state index in [0.717, 1.165) is 24.0 Å². The summed E-state index contributed by atoms with van der Waals surface area (Å²) >= 11 is 0. The van der Waals surface area contributed by atoms with Gasteiger partial charge in [0, 0.05) is 12.0 Å². The van der Waals surface area contributed by atoms with Gasteiger partial charge in [0.05, 0.1) is 38.1 Å². The third-order valence-corrected chi connectivity index (χ3v) is 16.4. The zero-order valence-corrected chi connectivity index (χ0v) is 32.0. The van der Waals surface area contributed by atoms with Gasteiger partial charge in [0.2, 0.25) is 0 Å². The quantitative estimate of drug-likeness (QED) is 0.152. The Bertz CT molecular complexity index is 1550. The second kappa shape index (κ2) is 13.6. The first-order valence-electron chi connectivity index (χ1n) is 19.7. The number of aliphatic hydroxyl groups is 6. The van der Waals surface area contributed by atoms with Gasteiger partial charge in [0.25, 0.3) is 0 Å². The van der Waals surface area contributed by atoms with Gasteiger partial charge >= 0.3 is 5.97 Å². The molecular formula is C42H62O11. The fourth-order valence-corrected chi connectivity index (χ4v) is 13.2. The normalized spacial score (nSPS) is 50.9. The first kappa shape index (κ1) is 39.3. The van der Waals surface area contributed by atoms with Crippen LogP contribution in [0.1, 0.15) is 91.5 Å².